The fourth-order valence-electron chi connectivity index (χ4n) is 2.78. The highest BCUT2D eigenvalue weighted by atomic mass is 32.1. The van der Waals surface area contributed by atoms with Crippen molar-refractivity contribution in [3.05, 3.63) is 41.3 Å². The summed E-state index contributed by atoms with van der Waals surface area (Å²) in [6, 6.07) is 11.8. The number of likely N-dealkylation sites (N-methyl/N-ethyl adjacent to an activating group) is 1. The van der Waals surface area contributed by atoms with Gasteiger partial charge in [-0.15, -0.1) is 11.3 Å². The molecule has 1 fully saturated rings. The van der Waals surface area contributed by atoms with Crippen molar-refractivity contribution in [1.82, 2.24) is 5.32 Å². The van der Waals surface area contributed by atoms with Gasteiger partial charge in [0.1, 0.15) is 4.88 Å². The lowest BCUT2D eigenvalue weighted by atomic mass is 10.1. The first kappa shape index (κ1) is 18.4. The first-order valence-electron chi connectivity index (χ1n) is 8.54. The van der Waals surface area contributed by atoms with E-state index in [0.29, 0.717) is 18.1 Å². The normalized spacial score (nSPS) is 15.4. The molecule has 0 saturated carbocycles. The fourth-order valence-corrected chi connectivity index (χ4v) is 3.90. The maximum atomic E-state index is 12.5. The number of thiophene rings is 1. The van der Waals surface area contributed by atoms with E-state index in [1.54, 1.807) is 6.92 Å². The number of hydrogen-bond donors (Lipinski definition) is 1. The van der Waals surface area contributed by atoms with E-state index in [0.717, 1.165) is 29.2 Å². The van der Waals surface area contributed by atoms with E-state index < -0.39 is 12.1 Å². The second-order valence-corrected chi connectivity index (χ2v) is 6.99. The number of carbonyl (C=O) groups is 2. The van der Waals surface area contributed by atoms with Gasteiger partial charge in [-0.25, -0.2) is 4.79 Å². The van der Waals surface area contributed by atoms with Crippen molar-refractivity contribution in [3.8, 4) is 11.1 Å². The Hall–Kier alpha value is -2.38. The average Bonchev–Trinajstić information content (AvgIpc) is 3.14. The zero-order valence-corrected chi connectivity index (χ0v) is 15.7. The summed E-state index contributed by atoms with van der Waals surface area (Å²) >= 11 is 1.39. The monoisotopic (exact) mass is 374 g/mol. The van der Waals surface area contributed by atoms with E-state index in [-0.39, 0.29) is 5.91 Å². The van der Waals surface area contributed by atoms with Gasteiger partial charge in [0.25, 0.3) is 5.91 Å². The quantitative estimate of drug-likeness (QED) is 0.815. The number of hydrogen-bond acceptors (Lipinski definition) is 6. The summed E-state index contributed by atoms with van der Waals surface area (Å²) in [5, 5.41) is 3.51. The Bertz CT molecular complexity index is 769. The van der Waals surface area contributed by atoms with Gasteiger partial charge in [-0.2, -0.15) is 0 Å². The number of nitrogens with one attached hydrogen (secondary N) is 1. The molecule has 6 nitrogen and oxygen atoms in total. The van der Waals surface area contributed by atoms with Crippen LogP contribution in [0.25, 0.3) is 11.1 Å². The molecule has 0 bridgehead atoms. The zero-order chi connectivity index (χ0) is 18.5. The van der Waals surface area contributed by atoms with Crippen LogP contribution in [0, 0.1) is 0 Å². The van der Waals surface area contributed by atoms with Crippen molar-refractivity contribution in [3.63, 3.8) is 0 Å². The summed E-state index contributed by atoms with van der Waals surface area (Å²) in [6.45, 7) is 4.46. The summed E-state index contributed by atoms with van der Waals surface area (Å²) in [5.74, 6) is -0.811. The van der Waals surface area contributed by atoms with Gasteiger partial charge < -0.3 is 19.7 Å². The second kappa shape index (κ2) is 8.33. The highest BCUT2D eigenvalue weighted by Gasteiger charge is 2.24. The molecule has 1 aromatic heterocycles. The maximum Gasteiger partial charge on any atom is 0.349 e. The van der Waals surface area contributed by atoms with Gasteiger partial charge in [0.05, 0.1) is 18.2 Å². The van der Waals surface area contributed by atoms with Gasteiger partial charge in [-0.05, 0) is 18.6 Å². The van der Waals surface area contributed by atoms with Gasteiger partial charge in [0.15, 0.2) is 6.10 Å². The predicted molar refractivity (Wildman–Crippen MR) is 102 cm³/mol. The van der Waals surface area contributed by atoms with E-state index in [1.165, 1.54) is 18.4 Å². The van der Waals surface area contributed by atoms with Crippen molar-refractivity contribution >= 4 is 28.2 Å². The molecule has 2 aromatic rings. The Balaban J connectivity index is 1.90. The molecule has 1 aliphatic heterocycles. The molecule has 1 atom stereocenters. The van der Waals surface area contributed by atoms with Gasteiger partial charge in [0, 0.05) is 25.7 Å². The largest absolute Gasteiger partial charge is 0.448 e. The maximum absolute atomic E-state index is 12.5. The zero-order valence-electron chi connectivity index (χ0n) is 14.9. The van der Waals surface area contributed by atoms with E-state index >= 15 is 0 Å². The average molecular weight is 374 g/mol. The fraction of sp³-hybridized carbons (Fsp3) is 0.368. The third-order valence-corrected chi connectivity index (χ3v) is 5.37. The Morgan fingerprint density at radius 1 is 1.23 bits per heavy atom. The predicted octanol–water partition coefficient (Wildman–Crippen LogP) is 2.54. The molecule has 1 N–H and O–H groups in total. The molecule has 138 valence electrons. The van der Waals surface area contributed by atoms with Crippen LogP contribution in [-0.4, -0.2) is 51.3 Å². The molecule has 3 rings (SSSR count). The van der Waals surface area contributed by atoms with Crippen LogP contribution in [-0.2, 0) is 14.3 Å². The molecular weight excluding hydrogens is 352 g/mol. The van der Waals surface area contributed by atoms with Crippen molar-refractivity contribution < 1.29 is 19.1 Å². The molecule has 0 spiro atoms. The number of ether oxygens (including phenoxy) is 2. The van der Waals surface area contributed by atoms with Crippen LogP contribution in [0.4, 0.5) is 5.00 Å². The van der Waals surface area contributed by atoms with Crippen molar-refractivity contribution in [2.45, 2.75) is 13.0 Å². The second-order valence-electron chi connectivity index (χ2n) is 5.96. The molecular formula is C19H22N2O4S. The molecule has 0 unspecified atom stereocenters. The summed E-state index contributed by atoms with van der Waals surface area (Å²) in [7, 11) is 1.52. The standard InChI is InChI=1S/C19H22N2O4S/c1-13(17(22)20-2)25-19(23)16-12-15(14-6-4-3-5-7-14)18(26-16)21-8-10-24-11-9-21/h3-7,12-13H,8-11H2,1-2H3,(H,20,22)/t13-/m0/s1. The molecule has 1 saturated heterocycles. The molecule has 0 aliphatic carbocycles. The third-order valence-electron chi connectivity index (χ3n) is 4.20. The number of nitrogens with zero attached hydrogens (tertiary/aromatic N) is 1. The third kappa shape index (κ3) is 4.05. The first-order valence-corrected chi connectivity index (χ1v) is 9.36. The first-order chi connectivity index (χ1) is 12.6. The number of amides is 1. The summed E-state index contributed by atoms with van der Waals surface area (Å²) in [4.78, 5) is 26.9. The number of anilines is 1. The molecule has 1 aromatic carbocycles. The number of morpholine rings is 1. The summed E-state index contributed by atoms with van der Waals surface area (Å²) < 4.78 is 10.7. The lowest BCUT2D eigenvalue weighted by Crippen LogP contribution is -2.35. The van der Waals surface area contributed by atoms with Crippen LogP contribution in [0.1, 0.15) is 16.6 Å². The summed E-state index contributed by atoms with van der Waals surface area (Å²) in [6.07, 6.45) is -0.832. The highest BCUT2D eigenvalue weighted by molar-refractivity contribution is 7.18. The van der Waals surface area contributed by atoms with Crippen molar-refractivity contribution in [1.29, 1.82) is 0 Å². The molecule has 1 amide bonds. The van der Waals surface area contributed by atoms with Crippen molar-refractivity contribution in [2.75, 3.05) is 38.3 Å². The topological polar surface area (TPSA) is 67.9 Å². The van der Waals surface area contributed by atoms with E-state index in [9.17, 15) is 9.59 Å². The molecule has 2 heterocycles. The lowest BCUT2D eigenvalue weighted by molar-refractivity contribution is -0.128. The number of rotatable bonds is 5. The van der Waals surface area contributed by atoms with Crippen LogP contribution in [0.2, 0.25) is 0 Å². The Kier molecular flexibility index (Phi) is 5.90. The van der Waals surface area contributed by atoms with Crippen LogP contribution in [0.15, 0.2) is 36.4 Å². The molecule has 7 heteroatoms. The van der Waals surface area contributed by atoms with Gasteiger partial charge >= 0.3 is 5.97 Å². The SMILES string of the molecule is CNC(=O)[C@H](C)OC(=O)c1cc(-c2ccccc2)c(N2CCOCC2)s1. The smallest absolute Gasteiger partial charge is 0.349 e. The van der Waals surface area contributed by atoms with E-state index in [4.69, 9.17) is 9.47 Å². The Labute approximate surface area is 156 Å². The van der Waals surface area contributed by atoms with Crippen LogP contribution >= 0.6 is 11.3 Å². The number of esters is 1. The van der Waals surface area contributed by atoms with E-state index in [2.05, 4.69) is 10.2 Å². The van der Waals surface area contributed by atoms with Crippen LogP contribution in [0.3, 0.4) is 0 Å². The van der Waals surface area contributed by atoms with Gasteiger partial charge in [0.2, 0.25) is 0 Å². The van der Waals surface area contributed by atoms with Crippen LogP contribution < -0.4 is 10.2 Å². The van der Waals surface area contributed by atoms with Crippen molar-refractivity contribution in [2.24, 2.45) is 0 Å². The summed E-state index contributed by atoms with van der Waals surface area (Å²) in [5.41, 5.74) is 2.04. The molecule has 0 radical (unpaired) electrons. The van der Waals surface area contributed by atoms with Gasteiger partial charge in [-0.1, -0.05) is 30.3 Å². The van der Waals surface area contributed by atoms with Gasteiger partial charge in [-0.3, -0.25) is 4.79 Å². The highest BCUT2D eigenvalue weighted by Crippen LogP contribution is 2.39. The van der Waals surface area contributed by atoms with Crippen LogP contribution in [0.5, 0.6) is 0 Å². The minimum Gasteiger partial charge on any atom is -0.448 e. The minimum absolute atomic E-state index is 0.327. The Morgan fingerprint density at radius 2 is 1.92 bits per heavy atom. The number of benzene rings is 1. The Morgan fingerprint density at radius 3 is 2.58 bits per heavy atom. The number of carbonyl (C=O) groups excluding carboxylic acids is 2. The minimum atomic E-state index is -0.832. The lowest BCUT2D eigenvalue weighted by Gasteiger charge is -2.28. The molecule has 1 aliphatic rings. The molecule has 26 heavy (non-hydrogen) atoms. The van der Waals surface area contributed by atoms with E-state index in [1.807, 2.05) is 36.4 Å².